The van der Waals surface area contributed by atoms with Gasteiger partial charge in [0.25, 0.3) is 0 Å². The van der Waals surface area contributed by atoms with Gasteiger partial charge in [-0.3, -0.25) is 0 Å². The first-order chi connectivity index (χ1) is 8.20. The van der Waals surface area contributed by atoms with E-state index in [0.717, 1.165) is 15.9 Å². The van der Waals surface area contributed by atoms with Gasteiger partial charge < -0.3 is 15.8 Å². The first-order valence-electron chi connectivity index (χ1n) is 4.86. The number of hydrogen-bond donors (Lipinski definition) is 2. The number of nitrogens with one attached hydrogen (secondary N) is 1. The molecule has 0 amide bonds. The lowest BCUT2D eigenvalue weighted by molar-refractivity contribution is 0.412. The second-order valence-electron chi connectivity index (χ2n) is 3.30. The Labute approximate surface area is 107 Å². The molecule has 0 aliphatic rings. The second-order valence-corrected chi connectivity index (χ2v) is 4.16. The van der Waals surface area contributed by atoms with Gasteiger partial charge in [0.2, 0.25) is 0 Å². The Morgan fingerprint density at radius 2 is 2.24 bits per heavy atom. The monoisotopic (exact) mass is 294 g/mol. The summed E-state index contributed by atoms with van der Waals surface area (Å²) in [5.74, 6) is 1.31. The summed E-state index contributed by atoms with van der Waals surface area (Å²) in [6.07, 6.45) is 2.99. The number of aromatic nitrogens is 2. The zero-order valence-electron chi connectivity index (χ0n) is 9.14. The van der Waals surface area contributed by atoms with E-state index in [1.54, 1.807) is 13.3 Å². The predicted molar refractivity (Wildman–Crippen MR) is 70.4 cm³/mol. The van der Waals surface area contributed by atoms with Crippen LogP contribution in [0.3, 0.4) is 0 Å². The summed E-state index contributed by atoms with van der Waals surface area (Å²) < 4.78 is 6.09. The molecule has 0 aliphatic heterocycles. The lowest BCUT2D eigenvalue weighted by Gasteiger charge is -2.09. The number of ether oxygens (including phenoxy) is 1. The van der Waals surface area contributed by atoms with E-state index in [2.05, 4.69) is 31.2 Å². The highest BCUT2D eigenvalue weighted by Gasteiger charge is 2.04. The molecule has 2 aromatic rings. The fourth-order valence-electron chi connectivity index (χ4n) is 1.32. The molecule has 5 nitrogen and oxygen atoms in total. The van der Waals surface area contributed by atoms with Crippen molar-refractivity contribution in [2.24, 2.45) is 0 Å². The average molecular weight is 295 g/mol. The molecule has 88 valence electrons. The van der Waals surface area contributed by atoms with E-state index in [0.29, 0.717) is 11.5 Å². The van der Waals surface area contributed by atoms with Crippen molar-refractivity contribution in [2.45, 2.75) is 0 Å². The quantitative estimate of drug-likeness (QED) is 0.910. The van der Waals surface area contributed by atoms with Crippen LogP contribution in [0.2, 0.25) is 0 Å². The molecule has 0 radical (unpaired) electrons. The standard InChI is InChI=1S/C11H11BrN4O/c1-17-10-4-7(2-3-8(10)12)16-11-9(13)5-14-6-15-11/h2-6H,13H2,1H3,(H,14,15,16). The summed E-state index contributed by atoms with van der Waals surface area (Å²) in [7, 11) is 1.61. The largest absolute Gasteiger partial charge is 0.495 e. The number of nitrogen functional groups attached to an aromatic ring is 1. The lowest BCUT2D eigenvalue weighted by atomic mass is 10.3. The Kier molecular flexibility index (Phi) is 3.43. The van der Waals surface area contributed by atoms with E-state index in [1.807, 2.05) is 18.2 Å². The third kappa shape index (κ3) is 2.65. The first-order valence-corrected chi connectivity index (χ1v) is 5.66. The maximum absolute atomic E-state index is 5.74. The molecule has 0 atom stereocenters. The van der Waals surface area contributed by atoms with Crippen LogP contribution in [0.1, 0.15) is 0 Å². The smallest absolute Gasteiger partial charge is 0.157 e. The molecule has 0 unspecified atom stereocenters. The number of methoxy groups -OCH3 is 1. The third-order valence-corrected chi connectivity index (χ3v) is 2.81. The van der Waals surface area contributed by atoms with Crippen molar-refractivity contribution >= 4 is 33.1 Å². The minimum atomic E-state index is 0.495. The Hall–Kier alpha value is -1.82. The summed E-state index contributed by atoms with van der Waals surface area (Å²) in [5, 5.41) is 3.10. The molecular weight excluding hydrogens is 284 g/mol. The van der Waals surface area contributed by atoms with Crippen LogP contribution < -0.4 is 15.8 Å². The molecule has 1 heterocycles. The Morgan fingerprint density at radius 3 is 2.94 bits per heavy atom. The number of anilines is 3. The molecule has 0 aliphatic carbocycles. The van der Waals surface area contributed by atoms with Gasteiger partial charge in [0.05, 0.1) is 23.5 Å². The maximum Gasteiger partial charge on any atom is 0.157 e. The summed E-state index contributed by atoms with van der Waals surface area (Å²) >= 11 is 3.39. The van der Waals surface area contributed by atoms with Gasteiger partial charge >= 0.3 is 0 Å². The van der Waals surface area contributed by atoms with E-state index < -0.39 is 0 Å². The number of nitrogens with two attached hydrogens (primary N) is 1. The number of hydrogen-bond acceptors (Lipinski definition) is 5. The van der Waals surface area contributed by atoms with Crippen molar-refractivity contribution < 1.29 is 4.74 Å². The van der Waals surface area contributed by atoms with E-state index in [4.69, 9.17) is 10.5 Å². The summed E-state index contributed by atoms with van der Waals surface area (Å²) in [4.78, 5) is 7.88. The van der Waals surface area contributed by atoms with Crippen molar-refractivity contribution in [3.63, 3.8) is 0 Å². The van der Waals surface area contributed by atoms with Crippen LogP contribution in [0.25, 0.3) is 0 Å². The lowest BCUT2D eigenvalue weighted by Crippen LogP contribution is -1.99. The third-order valence-electron chi connectivity index (χ3n) is 2.15. The van der Waals surface area contributed by atoms with E-state index in [1.165, 1.54) is 6.33 Å². The molecule has 0 bridgehead atoms. The molecule has 17 heavy (non-hydrogen) atoms. The van der Waals surface area contributed by atoms with Crippen molar-refractivity contribution in [2.75, 3.05) is 18.2 Å². The Morgan fingerprint density at radius 1 is 1.41 bits per heavy atom. The van der Waals surface area contributed by atoms with Crippen LogP contribution in [0.15, 0.2) is 35.2 Å². The molecular formula is C11H11BrN4O. The molecule has 0 fully saturated rings. The van der Waals surface area contributed by atoms with Crippen molar-refractivity contribution in [3.05, 3.63) is 35.2 Å². The molecule has 1 aromatic carbocycles. The number of benzene rings is 1. The zero-order valence-corrected chi connectivity index (χ0v) is 10.7. The van der Waals surface area contributed by atoms with Crippen LogP contribution >= 0.6 is 15.9 Å². The van der Waals surface area contributed by atoms with Crippen molar-refractivity contribution in [3.8, 4) is 5.75 Å². The summed E-state index contributed by atoms with van der Waals surface area (Å²) in [6, 6.07) is 5.64. The van der Waals surface area contributed by atoms with Gasteiger partial charge in [-0.25, -0.2) is 9.97 Å². The highest BCUT2D eigenvalue weighted by molar-refractivity contribution is 9.10. The van der Waals surface area contributed by atoms with Gasteiger partial charge in [0, 0.05) is 11.8 Å². The molecule has 0 saturated carbocycles. The molecule has 0 spiro atoms. The number of halogens is 1. The highest BCUT2D eigenvalue weighted by Crippen LogP contribution is 2.29. The van der Waals surface area contributed by atoms with E-state index in [9.17, 15) is 0 Å². The molecule has 0 saturated heterocycles. The van der Waals surface area contributed by atoms with Gasteiger partial charge in [0.15, 0.2) is 5.82 Å². The van der Waals surface area contributed by atoms with Crippen molar-refractivity contribution in [1.29, 1.82) is 0 Å². The van der Waals surface area contributed by atoms with Gasteiger partial charge in [-0.2, -0.15) is 0 Å². The van der Waals surface area contributed by atoms with Gasteiger partial charge in [-0.15, -0.1) is 0 Å². The SMILES string of the molecule is COc1cc(Nc2ncncc2N)ccc1Br. The molecule has 6 heteroatoms. The topological polar surface area (TPSA) is 73.1 Å². The second kappa shape index (κ2) is 5.01. The van der Waals surface area contributed by atoms with Crippen molar-refractivity contribution in [1.82, 2.24) is 9.97 Å². The van der Waals surface area contributed by atoms with Crippen LogP contribution in [0.5, 0.6) is 5.75 Å². The fourth-order valence-corrected chi connectivity index (χ4v) is 1.73. The fraction of sp³-hybridized carbons (Fsp3) is 0.0909. The van der Waals surface area contributed by atoms with Gasteiger partial charge in [-0.1, -0.05) is 0 Å². The minimum Gasteiger partial charge on any atom is -0.495 e. The van der Waals surface area contributed by atoms with E-state index in [-0.39, 0.29) is 0 Å². The highest BCUT2D eigenvalue weighted by atomic mass is 79.9. The molecule has 2 rings (SSSR count). The Bertz CT molecular complexity index is 533. The normalized spacial score (nSPS) is 10.0. The summed E-state index contributed by atoms with van der Waals surface area (Å²) in [6.45, 7) is 0. The maximum atomic E-state index is 5.74. The van der Waals surface area contributed by atoms with Crippen LogP contribution in [-0.2, 0) is 0 Å². The van der Waals surface area contributed by atoms with Gasteiger partial charge in [-0.05, 0) is 28.1 Å². The number of nitrogens with zero attached hydrogens (tertiary/aromatic N) is 2. The average Bonchev–Trinajstić information content (AvgIpc) is 2.34. The Balaban J connectivity index is 2.28. The summed E-state index contributed by atoms with van der Waals surface area (Å²) in [5.41, 5.74) is 7.08. The molecule has 1 aromatic heterocycles. The zero-order chi connectivity index (χ0) is 12.3. The van der Waals surface area contributed by atoms with Crippen LogP contribution in [0, 0.1) is 0 Å². The molecule has 3 N–H and O–H groups in total. The van der Waals surface area contributed by atoms with Gasteiger partial charge in [0.1, 0.15) is 12.1 Å². The minimum absolute atomic E-state index is 0.495. The first kappa shape index (κ1) is 11.7. The van der Waals surface area contributed by atoms with Crippen LogP contribution in [0.4, 0.5) is 17.2 Å². The number of rotatable bonds is 3. The van der Waals surface area contributed by atoms with E-state index >= 15 is 0 Å². The predicted octanol–water partition coefficient (Wildman–Crippen LogP) is 2.57. The van der Waals surface area contributed by atoms with Crippen LogP contribution in [-0.4, -0.2) is 17.1 Å².